The number of nitrogens with zero attached hydrogens (tertiary/aromatic N) is 5. The Balaban J connectivity index is 1.05. The lowest BCUT2D eigenvalue weighted by Gasteiger charge is -2.12. The minimum atomic E-state index is 0.631. The number of hydrogen-bond donors (Lipinski definition) is 0. The van der Waals surface area contributed by atoms with Gasteiger partial charge in [-0.1, -0.05) is 146 Å². The average Bonchev–Trinajstić information content (AvgIpc) is 3.94. The number of hydrogen-bond acceptors (Lipinski definition) is 1. The lowest BCUT2D eigenvalue weighted by atomic mass is 10.0. The molecule has 0 saturated heterocycles. The molecular weight excluding hydrogens is 683 g/mol. The van der Waals surface area contributed by atoms with Crippen molar-refractivity contribution in [3.63, 3.8) is 0 Å². The third-order valence-electron chi connectivity index (χ3n) is 10.9. The first kappa shape index (κ1) is 32.0. The van der Waals surface area contributed by atoms with Gasteiger partial charge in [0.05, 0.1) is 22.1 Å². The smallest absolute Gasteiger partial charge is 0.126 e. The van der Waals surface area contributed by atoms with Crippen molar-refractivity contribution >= 4 is 43.6 Å². The normalized spacial score (nSPS) is 11.6. The van der Waals surface area contributed by atoms with Gasteiger partial charge in [0.25, 0.3) is 0 Å². The molecule has 0 aliphatic heterocycles. The minimum absolute atomic E-state index is 0.631. The monoisotopic (exact) mass is 717 g/mol. The minimum Gasteiger partial charge on any atom is -0.397 e. The van der Waals surface area contributed by atoms with Gasteiger partial charge in [-0.15, -0.1) is 0 Å². The molecule has 264 valence electrons. The lowest BCUT2D eigenvalue weighted by molar-refractivity contribution is -0.737. The quantitative estimate of drug-likeness (QED) is 0.154. The molecule has 0 aliphatic rings. The summed E-state index contributed by atoms with van der Waals surface area (Å²) in [4.78, 5) is 5.16. The standard InChI is InChI=1S/C51H35N5/c1-4-15-35(16-5-1)34-54-51(36-17-6-2-7-18-36)52-50(53-54)39-19-14-22-41(31-39)56-46-25-12-10-23-42(46)44-29-27-38(33-49(44)56)37-28-30-48-45(32-37)43-24-11-13-26-47(43)55(48)40-20-8-3-9-21-40/h1-33H,34H2. The molecule has 3 aromatic heterocycles. The van der Waals surface area contributed by atoms with Crippen LogP contribution in [0.15, 0.2) is 200 Å². The Kier molecular flexibility index (Phi) is 7.49. The van der Waals surface area contributed by atoms with Crippen molar-refractivity contribution in [3.05, 3.63) is 206 Å². The van der Waals surface area contributed by atoms with Crippen molar-refractivity contribution in [2.24, 2.45) is 0 Å². The van der Waals surface area contributed by atoms with Crippen LogP contribution in [0.2, 0.25) is 0 Å². The van der Waals surface area contributed by atoms with Gasteiger partial charge in [0.2, 0.25) is 0 Å². The molecule has 0 atom stereocenters. The maximum atomic E-state index is 5.16. The Labute approximate surface area is 324 Å². The van der Waals surface area contributed by atoms with Gasteiger partial charge >= 0.3 is 0 Å². The molecule has 0 N–H and O–H groups in total. The highest BCUT2D eigenvalue weighted by Gasteiger charge is 2.17. The van der Waals surface area contributed by atoms with E-state index in [0.717, 1.165) is 39.4 Å². The van der Waals surface area contributed by atoms with Crippen molar-refractivity contribution in [3.8, 4) is 45.3 Å². The van der Waals surface area contributed by atoms with Crippen LogP contribution < -0.4 is 9.78 Å². The molecule has 0 aliphatic carbocycles. The topological polar surface area (TPSA) is 40.7 Å². The van der Waals surface area contributed by atoms with Crippen molar-refractivity contribution < 1.29 is 4.68 Å². The molecule has 0 amide bonds. The second kappa shape index (κ2) is 13.1. The van der Waals surface area contributed by atoms with E-state index in [9.17, 15) is 0 Å². The lowest BCUT2D eigenvalue weighted by Crippen LogP contribution is -2.40. The summed E-state index contributed by atoms with van der Waals surface area (Å²) in [6.45, 7) is 0.631. The fraction of sp³-hybridized carbons (Fsp3) is 0.0196. The number of aromatic nitrogens is 5. The van der Waals surface area contributed by atoms with Gasteiger partial charge in [-0.25, -0.2) is 0 Å². The van der Waals surface area contributed by atoms with E-state index in [0.29, 0.717) is 12.4 Å². The largest absolute Gasteiger partial charge is 0.397 e. The average molecular weight is 718 g/mol. The SMILES string of the molecule is c1ccc(C[n+]2[n-]c(-c3cccc(-n4c5ccccc5c5ccc(-c6ccc7c(c6)c6ccccc6n7-c6ccccc6)cc54)c3)nc2-c2ccccc2)cc1. The fourth-order valence-electron chi connectivity index (χ4n) is 8.35. The highest BCUT2D eigenvalue weighted by atomic mass is 15.3. The van der Waals surface area contributed by atoms with E-state index in [1.807, 2.05) is 16.8 Å². The Morgan fingerprint density at radius 3 is 1.71 bits per heavy atom. The summed E-state index contributed by atoms with van der Waals surface area (Å²) in [6.07, 6.45) is 0. The second-order valence-corrected chi connectivity index (χ2v) is 14.3. The van der Waals surface area contributed by atoms with E-state index in [2.05, 4.69) is 197 Å². The van der Waals surface area contributed by atoms with Gasteiger partial charge in [0.15, 0.2) is 0 Å². The summed E-state index contributed by atoms with van der Waals surface area (Å²) in [5.41, 5.74) is 12.5. The third-order valence-corrected chi connectivity index (χ3v) is 10.9. The maximum absolute atomic E-state index is 5.16. The number of para-hydroxylation sites is 3. The highest BCUT2D eigenvalue weighted by Crippen LogP contribution is 2.38. The van der Waals surface area contributed by atoms with E-state index < -0.39 is 0 Å². The van der Waals surface area contributed by atoms with E-state index in [1.165, 1.54) is 49.3 Å². The van der Waals surface area contributed by atoms with Crippen LogP contribution >= 0.6 is 0 Å². The molecule has 11 rings (SSSR count). The zero-order valence-electron chi connectivity index (χ0n) is 30.5. The van der Waals surface area contributed by atoms with Crippen LogP contribution in [0.4, 0.5) is 0 Å². The van der Waals surface area contributed by atoms with Crippen LogP contribution in [0.5, 0.6) is 0 Å². The molecule has 11 aromatic rings. The molecule has 5 nitrogen and oxygen atoms in total. The van der Waals surface area contributed by atoms with Gasteiger partial charge in [-0.05, 0) is 82.7 Å². The van der Waals surface area contributed by atoms with Crippen molar-refractivity contribution in [1.82, 2.24) is 19.2 Å². The third kappa shape index (κ3) is 5.32. The van der Waals surface area contributed by atoms with Crippen LogP contribution in [0, 0.1) is 0 Å². The zero-order chi connectivity index (χ0) is 37.0. The predicted molar refractivity (Wildman–Crippen MR) is 228 cm³/mol. The van der Waals surface area contributed by atoms with Gasteiger partial charge in [-0.2, -0.15) is 0 Å². The molecule has 0 spiro atoms. The van der Waals surface area contributed by atoms with Crippen molar-refractivity contribution in [2.45, 2.75) is 6.54 Å². The molecule has 56 heavy (non-hydrogen) atoms. The number of rotatable bonds is 7. The Hall–Kier alpha value is -7.50. The van der Waals surface area contributed by atoms with Gasteiger partial charge in [0, 0.05) is 38.5 Å². The van der Waals surface area contributed by atoms with E-state index in [4.69, 9.17) is 10.1 Å². The molecule has 3 heterocycles. The zero-order valence-corrected chi connectivity index (χ0v) is 30.5. The van der Waals surface area contributed by atoms with Crippen LogP contribution in [0.25, 0.3) is 88.9 Å². The summed E-state index contributed by atoms with van der Waals surface area (Å²) in [5, 5.41) is 10.0. The van der Waals surface area contributed by atoms with Gasteiger partial charge in [-0.3, -0.25) is 9.78 Å². The van der Waals surface area contributed by atoms with Gasteiger partial charge < -0.3 is 14.1 Å². The van der Waals surface area contributed by atoms with E-state index in [-0.39, 0.29) is 0 Å². The summed E-state index contributed by atoms with van der Waals surface area (Å²) >= 11 is 0. The van der Waals surface area contributed by atoms with E-state index in [1.54, 1.807) is 0 Å². The number of fused-ring (bicyclic) bond motifs is 6. The van der Waals surface area contributed by atoms with Crippen molar-refractivity contribution in [2.75, 3.05) is 0 Å². The molecular formula is C51H35N5. The Morgan fingerprint density at radius 2 is 0.946 bits per heavy atom. The maximum Gasteiger partial charge on any atom is 0.126 e. The number of benzene rings is 8. The molecule has 0 fully saturated rings. The molecule has 0 bridgehead atoms. The summed E-state index contributed by atoms with van der Waals surface area (Å²) in [7, 11) is 0. The van der Waals surface area contributed by atoms with Crippen molar-refractivity contribution in [1.29, 1.82) is 0 Å². The first-order valence-corrected chi connectivity index (χ1v) is 19.0. The Bertz CT molecular complexity index is 3210. The highest BCUT2D eigenvalue weighted by molar-refractivity contribution is 6.12. The molecule has 0 radical (unpaired) electrons. The molecule has 8 aromatic carbocycles. The Morgan fingerprint density at radius 1 is 0.393 bits per heavy atom. The first-order chi connectivity index (χ1) is 27.8. The molecule has 0 saturated carbocycles. The van der Waals surface area contributed by atoms with Crippen LogP contribution in [-0.2, 0) is 6.54 Å². The summed E-state index contributed by atoms with van der Waals surface area (Å²) in [5.74, 6) is 1.55. The van der Waals surface area contributed by atoms with Crippen LogP contribution in [0.3, 0.4) is 0 Å². The molecule has 5 heteroatoms. The summed E-state index contributed by atoms with van der Waals surface area (Å²) < 4.78 is 6.77. The fourth-order valence-corrected chi connectivity index (χ4v) is 8.35. The van der Waals surface area contributed by atoms with Gasteiger partial charge in [0.1, 0.15) is 12.4 Å². The van der Waals surface area contributed by atoms with E-state index >= 15 is 0 Å². The van der Waals surface area contributed by atoms with Crippen LogP contribution in [0.1, 0.15) is 5.56 Å². The van der Waals surface area contributed by atoms with Crippen LogP contribution in [-0.4, -0.2) is 14.1 Å². The first-order valence-electron chi connectivity index (χ1n) is 19.0. The molecule has 0 unspecified atom stereocenters. The predicted octanol–water partition coefficient (Wildman–Crippen LogP) is 11.6. The summed E-state index contributed by atoms with van der Waals surface area (Å²) in [6, 6.07) is 71.2. The second-order valence-electron chi connectivity index (χ2n) is 14.3.